The van der Waals surface area contributed by atoms with Crippen molar-refractivity contribution in [1.29, 1.82) is 0 Å². The standard InChI is InChI=1S/C27H27FN4O4/c1-16-19(12-18-7-5-6-8-21(18)28)26(36-27(2,3)4)32-24(31-16)20(14-30-32)25(33)29-13-17-9-10-22-23(11-17)35-15-34-22/h5-11,14H,12-13,15H2,1-4H3,(H,29,33). The maximum absolute atomic E-state index is 14.4. The average Bonchev–Trinajstić information content (AvgIpc) is 3.46. The Morgan fingerprint density at radius 3 is 2.72 bits per heavy atom. The van der Waals surface area contributed by atoms with Crippen LogP contribution in [0.15, 0.2) is 48.7 Å². The van der Waals surface area contributed by atoms with Gasteiger partial charge in [0, 0.05) is 24.2 Å². The van der Waals surface area contributed by atoms with E-state index in [-0.39, 0.29) is 24.9 Å². The van der Waals surface area contributed by atoms with Crippen LogP contribution in [0.5, 0.6) is 17.4 Å². The van der Waals surface area contributed by atoms with Crippen molar-refractivity contribution in [3.63, 3.8) is 0 Å². The number of rotatable bonds is 6. The summed E-state index contributed by atoms with van der Waals surface area (Å²) < 4.78 is 33.0. The smallest absolute Gasteiger partial charge is 0.257 e. The first-order valence-electron chi connectivity index (χ1n) is 11.7. The first-order chi connectivity index (χ1) is 17.2. The summed E-state index contributed by atoms with van der Waals surface area (Å²) in [5, 5.41) is 7.34. The van der Waals surface area contributed by atoms with Crippen molar-refractivity contribution in [2.45, 2.75) is 46.3 Å². The Balaban J connectivity index is 1.47. The lowest BCUT2D eigenvalue weighted by molar-refractivity contribution is 0.0952. The molecular weight excluding hydrogens is 463 g/mol. The van der Waals surface area contributed by atoms with Crippen molar-refractivity contribution in [3.05, 3.63) is 82.4 Å². The largest absolute Gasteiger partial charge is 0.472 e. The fourth-order valence-corrected chi connectivity index (χ4v) is 4.03. The Hall–Kier alpha value is -4.14. The minimum Gasteiger partial charge on any atom is -0.472 e. The van der Waals surface area contributed by atoms with Crippen molar-refractivity contribution in [1.82, 2.24) is 19.9 Å². The Labute approximate surface area is 208 Å². The molecule has 4 aromatic rings. The third kappa shape index (κ3) is 4.68. The summed E-state index contributed by atoms with van der Waals surface area (Å²) in [6.45, 7) is 8.07. The van der Waals surface area contributed by atoms with Crippen LogP contribution in [0.1, 0.15) is 53.5 Å². The molecule has 1 aliphatic rings. The summed E-state index contributed by atoms with van der Waals surface area (Å²) in [7, 11) is 0. The Morgan fingerprint density at radius 1 is 1.17 bits per heavy atom. The molecule has 2 aromatic carbocycles. The van der Waals surface area contributed by atoms with Crippen LogP contribution in [0.3, 0.4) is 0 Å². The summed E-state index contributed by atoms with van der Waals surface area (Å²) in [5.41, 5.74) is 2.86. The second-order valence-corrected chi connectivity index (χ2v) is 9.63. The van der Waals surface area contributed by atoms with Crippen LogP contribution in [0.4, 0.5) is 4.39 Å². The van der Waals surface area contributed by atoms with E-state index in [4.69, 9.17) is 14.2 Å². The van der Waals surface area contributed by atoms with Gasteiger partial charge in [-0.2, -0.15) is 9.61 Å². The van der Waals surface area contributed by atoms with Crippen LogP contribution >= 0.6 is 0 Å². The maximum atomic E-state index is 14.4. The highest BCUT2D eigenvalue weighted by atomic mass is 19.1. The van der Waals surface area contributed by atoms with E-state index >= 15 is 0 Å². The Kier molecular flexibility index (Phi) is 5.99. The van der Waals surface area contributed by atoms with Gasteiger partial charge in [0.1, 0.15) is 17.0 Å². The number of aryl methyl sites for hydroxylation is 1. The number of hydrogen-bond acceptors (Lipinski definition) is 6. The molecule has 2 aromatic heterocycles. The van der Waals surface area contributed by atoms with Gasteiger partial charge in [-0.15, -0.1) is 0 Å². The second kappa shape index (κ2) is 9.14. The zero-order valence-corrected chi connectivity index (χ0v) is 20.6. The number of carbonyl (C=O) groups excluding carboxylic acids is 1. The lowest BCUT2D eigenvalue weighted by atomic mass is 10.0. The highest BCUT2D eigenvalue weighted by Gasteiger charge is 2.25. The highest BCUT2D eigenvalue weighted by molar-refractivity contribution is 5.99. The number of nitrogens with one attached hydrogen (secondary N) is 1. The molecule has 36 heavy (non-hydrogen) atoms. The number of fused-ring (bicyclic) bond motifs is 2. The van der Waals surface area contributed by atoms with Gasteiger partial charge >= 0.3 is 0 Å². The third-order valence-electron chi connectivity index (χ3n) is 5.77. The topological polar surface area (TPSA) is 87.0 Å². The molecule has 1 N–H and O–H groups in total. The Morgan fingerprint density at radius 2 is 1.94 bits per heavy atom. The van der Waals surface area contributed by atoms with Gasteiger partial charge in [-0.1, -0.05) is 24.3 Å². The molecule has 9 heteroatoms. The van der Waals surface area contributed by atoms with Gasteiger partial charge in [-0.05, 0) is 57.0 Å². The molecule has 0 saturated carbocycles. The SMILES string of the molecule is Cc1nc2c(C(=O)NCc3ccc4c(c3)OCO4)cnn2c(OC(C)(C)C)c1Cc1ccccc1F. The van der Waals surface area contributed by atoms with Crippen molar-refractivity contribution >= 4 is 11.6 Å². The maximum Gasteiger partial charge on any atom is 0.257 e. The van der Waals surface area contributed by atoms with E-state index in [1.807, 2.05) is 45.9 Å². The zero-order valence-electron chi connectivity index (χ0n) is 20.6. The minimum atomic E-state index is -0.557. The minimum absolute atomic E-state index is 0.191. The zero-order chi connectivity index (χ0) is 25.4. The molecule has 3 heterocycles. The van der Waals surface area contributed by atoms with Gasteiger partial charge in [0.15, 0.2) is 17.1 Å². The lowest BCUT2D eigenvalue weighted by Gasteiger charge is -2.24. The summed E-state index contributed by atoms with van der Waals surface area (Å²) in [6, 6.07) is 12.1. The quantitative estimate of drug-likeness (QED) is 0.425. The molecule has 0 aliphatic carbocycles. The molecule has 0 saturated heterocycles. The molecule has 0 spiro atoms. The molecular formula is C27H27FN4O4. The van der Waals surface area contributed by atoms with Crippen molar-refractivity contribution < 1.29 is 23.4 Å². The number of carbonyl (C=O) groups is 1. The lowest BCUT2D eigenvalue weighted by Crippen LogP contribution is -2.26. The molecule has 186 valence electrons. The van der Waals surface area contributed by atoms with Crippen molar-refractivity contribution in [2.24, 2.45) is 0 Å². The molecule has 0 radical (unpaired) electrons. The monoisotopic (exact) mass is 490 g/mol. The average molecular weight is 491 g/mol. The fourth-order valence-electron chi connectivity index (χ4n) is 4.03. The number of benzene rings is 2. The summed E-state index contributed by atoms with van der Waals surface area (Å²) in [6.07, 6.45) is 1.75. The van der Waals surface area contributed by atoms with Crippen LogP contribution < -0.4 is 19.5 Å². The first kappa shape index (κ1) is 23.6. The summed E-state index contributed by atoms with van der Waals surface area (Å²) in [4.78, 5) is 17.8. The van der Waals surface area contributed by atoms with E-state index < -0.39 is 5.60 Å². The summed E-state index contributed by atoms with van der Waals surface area (Å²) >= 11 is 0. The van der Waals surface area contributed by atoms with E-state index in [1.165, 1.54) is 16.8 Å². The van der Waals surface area contributed by atoms with E-state index in [9.17, 15) is 9.18 Å². The Bertz CT molecular complexity index is 1460. The predicted octanol–water partition coefficient (Wildman–Crippen LogP) is 4.60. The molecule has 8 nitrogen and oxygen atoms in total. The van der Waals surface area contributed by atoms with Crippen molar-refractivity contribution in [2.75, 3.05) is 6.79 Å². The summed E-state index contributed by atoms with van der Waals surface area (Å²) in [5.74, 6) is 1.15. The van der Waals surface area contributed by atoms with Gasteiger partial charge in [0.2, 0.25) is 12.7 Å². The molecule has 0 atom stereocenters. The number of ether oxygens (including phenoxy) is 3. The number of aromatic nitrogens is 3. The van der Waals surface area contributed by atoms with Gasteiger partial charge < -0.3 is 19.5 Å². The van der Waals surface area contributed by atoms with E-state index in [1.54, 1.807) is 18.2 Å². The second-order valence-electron chi connectivity index (χ2n) is 9.63. The van der Waals surface area contributed by atoms with Gasteiger partial charge in [0.05, 0.1) is 6.20 Å². The number of amides is 1. The van der Waals surface area contributed by atoms with Crippen LogP contribution in [-0.2, 0) is 13.0 Å². The first-order valence-corrected chi connectivity index (χ1v) is 11.7. The number of halogens is 1. The van der Waals surface area contributed by atoms with Gasteiger partial charge in [-0.3, -0.25) is 4.79 Å². The molecule has 5 rings (SSSR count). The van der Waals surface area contributed by atoms with Gasteiger partial charge in [-0.25, -0.2) is 9.37 Å². The normalized spacial score (nSPS) is 12.7. The third-order valence-corrected chi connectivity index (χ3v) is 5.77. The van der Waals surface area contributed by atoms with Crippen molar-refractivity contribution in [3.8, 4) is 17.4 Å². The van der Waals surface area contributed by atoms with E-state index in [2.05, 4.69) is 15.4 Å². The van der Waals surface area contributed by atoms with E-state index in [0.717, 1.165) is 5.56 Å². The van der Waals surface area contributed by atoms with Crippen LogP contribution in [0.25, 0.3) is 5.65 Å². The highest BCUT2D eigenvalue weighted by Crippen LogP contribution is 2.33. The molecule has 0 bridgehead atoms. The number of nitrogens with zero attached hydrogens (tertiary/aromatic N) is 3. The predicted molar refractivity (Wildman–Crippen MR) is 131 cm³/mol. The van der Waals surface area contributed by atoms with Crippen LogP contribution in [0, 0.1) is 12.7 Å². The molecule has 1 aliphatic heterocycles. The fraction of sp³-hybridized carbons (Fsp3) is 0.296. The number of hydrogen-bond donors (Lipinski definition) is 1. The molecule has 0 fully saturated rings. The van der Waals surface area contributed by atoms with Crippen LogP contribution in [0.2, 0.25) is 0 Å². The molecule has 1 amide bonds. The van der Waals surface area contributed by atoms with E-state index in [0.29, 0.717) is 52.0 Å². The van der Waals surface area contributed by atoms with Gasteiger partial charge in [0.25, 0.3) is 5.91 Å². The molecule has 0 unspecified atom stereocenters. The van der Waals surface area contributed by atoms with Crippen LogP contribution in [-0.4, -0.2) is 32.9 Å².